The average molecular weight is 364 g/mol. The van der Waals surface area contributed by atoms with Crippen molar-refractivity contribution in [3.8, 4) is 0 Å². The number of quaternary nitrogens is 1. The van der Waals surface area contributed by atoms with Crippen LogP contribution in [0.4, 0.5) is 11.4 Å². The number of nitrogens with one attached hydrogen (secondary N) is 1. The molecule has 5 nitrogen and oxygen atoms in total. The van der Waals surface area contributed by atoms with Crippen LogP contribution in [0.25, 0.3) is 0 Å². The predicted molar refractivity (Wildman–Crippen MR) is 106 cm³/mol. The first-order chi connectivity index (χ1) is 13.0. The number of amides is 2. The van der Waals surface area contributed by atoms with E-state index in [0.29, 0.717) is 6.42 Å². The Bertz CT molecular complexity index is 857. The molecule has 2 aliphatic heterocycles. The number of carbonyl (C=O) groups excluding carboxylic acids is 2. The minimum absolute atomic E-state index is 0.0462. The zero-order chi connectivity index (χ0) is 19.0. The summed E-state index contributed by atoms with van der Waals surface area (Å²) in [4.78, 5) is 30.7. The van der Waals surface area contributed by atoms with Crippen molar-refractivity contribution >= 4 is 23.2 Å². The van der Waals surface area contributed by atoms with Crippen molar-refractivity contribution in [3.63, 3.8) is 0 Å². The van der Waals surface area contributed by atoms with Crippen LogP contribution >= 0.6 is 0 Å². The normalized spacial score (nSPS) is 21.2. The highest BCUT2D eigenvalue weighted by molar-refractivity contribution is 6.22. The number of aryl methyl sites for hydroxylation is 2. The number of benzene rings is 2. The Morgan fingerprint density at radius 2 is 1.67 bits per heavy atom. The quantitative estimate of drug-likeness (QED) is 0.836. The second kappa shape index (κ2) is 7.16. The number of rotatable bonds is 3. The fourth-order valence-corrected chi connectivity index (χ4v) is 4.30. The Morgan fingerprint density at radius 1 is 0.963 bits per heavy atom. The molecule has 0 unspecified atom stereocenters. The maximum atomic E-state index is 13.1. The minimum Gasteiger partial charge on any atom is -0.360 e. The average Bonchev–Trinajstić information content (AvgIpc) is 2.97. The first kappa shape index (κ1) is 17.7. The highest BCUT2D eigenvalue weighted by Crippen LogP contribution is 2.26. The van der Waals surface area contributed by atoms with Crippen LogP contribution in [0.15, 0.2) is 48.5 Å². The number of para-hydroxylation sites is 1. The van der Waals surface area contributed by atoms with E-state index in [-0.39, 0.29) is 17.9 Å². The summed E-state index contributed by atoms with van der Waals surface area (Å²) < 4.78 is 0. The summed E-state index contributed by atoms with van der Waals surface area (Å²) in [5.74, 6) is -0.120. The molecule has 2 saturated heterocycles. The van der Waals surface area contributed by atoms with Crippen molar-refractivity contribution in [1.82, 2.24) is 0 Å². The number of nitrogens with zero attached hydrogens (tertiary/aromatic N) is 2. The first-order valence-electron chi connectivity index (χ1n) is 9.63. The topological polar surface area (TPSA) is 45.1 Å². The van der Waals surface area contributed by atoms with Gasteiger partial charge in [0.05, 0.1) is 38.3 Å². The molecule has 0 aliphatic carbocycles. The summed E-state index contributed by atoms with van der Waals surface area (Å²) in [6.45, 7) is 7.53. The molecule has 2 aliphatic rings. The highest BCUT2D eigenvalue weighted by atomic mass is 16.2. The molecule has 0 bridgehead atoms. The zero-order valence-electron chi connectivity index (χ0n) is 15.9. The second-order valence-electron chi connectivity index (χ2n) is 7.59. The largest absolute Gasteiger partial charge is 0.360 e. The molecule has 5 heteroatoms. The third-order valence-corrected chi connectivity index (χ3v) is 5.76. The van der Waals surface area contributed by atoms with Crippen molar-refractivity contribution in [2.24, 2.45) is 0 Å². The molecule has 1 N–H and O–H groups in total. The molecule has 2 amide bonds. The molecule has 0 saturated carbocycles. The molecule has 140 valence electrons. The van der Waals surface area contributed by atoms with Crippen LogP contribution in [-0.2, 0) is 9.59 Å². The Labute approximate surface area is 160 Å². The van der Waals surface area contributed by atoms with Gasteiger partial charge < -0.3 is 9.80 Å². The first-order valence-corrected chi connectivity index (χ1v) is 9.63. The summed E-state index contributed by atoms with van der Waals surface area (Å²) in [5, 5.41) is 0. The molecule has 2 aromatic rings. The minimum atomic E-state index is -0.254. The molecule has 2 heterocycles. The fourth-order valence-electron chi connectivity index (χ4n) is 4.30. The van der Waals surface area contributed by atoms with Gasteiger partial charge in [0.1, 0.15) is 0 Å². The van der Waals surface area contributed by atoms with Gasteiger partial charge in [-0.05, 0) is 37.6 Å². The van der Waals surface area contributed by atoms with Crippen LogP contribution in [0, 0.1) is 13.8 Å². The van der Waals surface area contributed by atoms with Gasteiger partial charge in [-0.2, -0.15) is 0 Å². The van der Waals surface area contributed by atoms with Gasteiger partial charge in [-0.15, -0.1) is 0 Å². The molecule has 0 aromatic heterocycles. The lowest BCUT2D eigenvalue weighted by Crippen LogP contribution is -3.19. The number of hydrogen-bond acceptors (Lipinski definition) is 3. The Balaban J connectivity index is 1.46. The number of piperazine rings is 1. The third-order valence-electron chi connectivity index (χ3n) is 5.76. The van der Waals surface area contributed by atoms with Gasteiger partial charge in [-0.1, -0.05) is 35.9 Å². The lowest BCUT2D eigenvalue weighted by atomic mass is 10.1. The maximum Gasteiger partial charge on any atom is 0.292 e. The van der Waals surface area contributed by atoms with Crippen LogP contribution in [-0.4, -0.2) is 44.0 Å². The van der Waals surface area contributed by atoms with Crippen LogP contribution in [0.2, 0.25) is 0 Å². The van der Waals surface area contributed by atoms with Crippen molar-refractivity contribution in [3.05, 3.63) is 59.7 Å². The molecule has 2 aromatic carbocycles. The molecule has 1 atom stereocenters. The van der Waals surface area contributed by atoms with Gasteiger partial charge in [0, 0.05) is 5.69 Å². The van der Waals surface area contributed by atoms with E-state index in [9.17, 15) is 9.59 Å². The van der Waals surface area contributed by atoms with Crippen molar-refractivity contribution in [1.29, 1.82) is 0 Å². The molecular weight excluding hydrogens is 338 g/mol. The zero-order valence-corrected chi connectivity index (χ0v) is 15.9. The predicted octanol–water partition coefficient (Wildman–Crippen LogP) is 1.34. The SMILES string of the molecule is Cc1ccc(N2C(=O)C[C@@H]([NH+]3CCN(c4ccccc4)CC3)C2=O)c(C)c1. The van der Waals surface area contributed by atoms with E-state index in [1.807, 2.05) is 38.1 Å². The second-order valence-corrected chi connectivity index (χ2v) is 7.59. The van der Waals surface area contributed by atoms with Gasteiger partial charge in [0.25, 0.3) is 5.91 Å². The fraction of sp³-hybridized carbons (Fsp3) is 0.364. The van der Waals surface area contributed by atoms with E-state index in [2.05, 4.69) is 29.2 Å². The number of anilines is 2. The van der Waals surface area contributed by atoms with E-state index in [0.717, 1.165) is 43.0 Å². The number of carbonyl (C=O) groups is 2. The molecule has 4 rings (SSSR count). The van der Waals surface area contributed by atoms with Crippen LogP contribution in [0.5, 0.6) is 0 Å². The Kier molecular flexibility index (Phi) is 4.70. The van der Waals surface area contributed by atoms with E-state index in [4.69, 9.17) is 0 Å². The van der Waals surface area contributed by atoms with E-state index in [1.165, 1.54) is 15.5 Å². The van der Waals surface area contributed by atoms with Crippen molar-refractivity contribution < 1.29 is 14.5 Å². The number of imide groups is 1. The summed E-state index contributed by atoms with van der Waals surface area (Å²) >= 11 is 0. The summed E-state index contributed by atoms with van der Waals surface area (Å²) in [6, 6.07) is 16.0. The van der Waals surface area contributed by atoms with E-state index < -0.39 is 0 Å². The van der Waals surface area contributed by atoms with Gasteiger partial charge in [-0.25, -0.2) is 4.90 Å². The molecule has 2 fully saturated rings. The Morgan fingerprint density at radius 3 is 2.33 bits per heavy atom. The smallest absolute Gasteiger partial charge is 0.292 e. The van der Waals surface area contributed by atoms with Crippen molar-refractivity contribution in [2.45, 2.75) is 26.3 Å². The molecule has 0 radical (unpaired) electrons. The van der Waals surface area contributed by atoms with Gasteiger partial charge >= 0.3 is 0 Å². The lowest BCUT2D eigenvalue weighted by Gasteiger charge is -2.35. The molecule has 27 heavy (non-hydrogen) atoms. The van der Waals surface area contributed by atoms with Gasteiger partial charge in [0.15, 0.2) is 6.04 Å². The lowest BCUT2D eigenvalue weighted by molar-refractivity contribution is -0.915. The van der Waals surface area contributed by atoms with E-state index in [1.54, 1.807) is 0 Å². The van der Waals surface area contributed by atoms with Crippen LogP contribution in [0.1, 0.15) is 17.5 Å². The Hall–Kier alpha value is -2.66. The molecular formula is C22H26N3O2+. The summed E-state index contributed by atoms with van der Waals surface area (Å²) in [7, 11) is 0. The van der Waals surface area contributed by atoms with Gasteiger partial charge in [0.2, 0.25) is 5.91 Å². The van der Waals surface area contributed by atoms with Gasteiger partial charge in [-0.3, -0.25) is 9.59 Å². The van der Waals surface area contributed by atoms with Crippen LogP contribution < -0.4 is 14.7 Å². The third kappa shape index (κ3) is 3.35. The number of hydrogen-bond donors (Lipinski definition) is 1. The van der Waals surface area contributed by atoms with Crippen LogP contribution in [0.3, 0.4) is 0 Å². The summed E-state index contributed by atoms with van der Waals surface area (Å²) in [6.07, 6.45) is 0.312. The standard InChI is InChI=1S/C22H25N3O2/c1-16-8-9-19(17(2)14-16)25-21(26)15-20(22(25)27)24-12-10-23(11-13-24)18-6-4-3-5-7-18/h3-9,14,20H,10-13,15H2,1-2H3/p+1/t20-/m1/s1. The maximum absolute atomic E-state index is 13.1. The van der Waals surface area contributed by atoms with Crippen molar-refractivity contribution in [2.75, 3.05) is 36.0 Å². The summed E-state index contributed by atoms with van der Waals surface area (Å²) in [5.41, 5.74) is 4.07. The highest BCUT2D eigenvalue weighted by Gasteiger charge is 2.46. The monoisotopic (exact) mass is 364 g/mol. The molecule has 0 spiro atoms. The van der Waals surface area contributed by atoms with E-state index >= 15 is 0 Å².